The van der Waals surface area contributed by atoms with Crippen molar-refractivity contribution >= 4 is 0 Å². The van der Waals surface area contributed by atoms with E-state index in [1.807, 2.05) is 19.1 Å². The summed E-state index contributed by atoms with van der Waals surface area (Å²) in [6, 6.07) is 17.4. The van der Waals surface area contributed by atoms with E-state index in [4.69, 9.17) is 14.7 Å². The summed E-state index contributed by atoms with van der Waals surface area (Å²) in [7, 11) is 0. The minimum atomic E-state index is -1.04. The quantitative estimate of drug-likeness (QED) is 0.320. The smallest absolute Gasteiger partial charge is 0.171 e. The van der Waals surface area contributed by atoms with Crippen LogP contribution >= 0.6 is 0 Å². The molecule has 7 atom stereocenters. The minimum absolute atomic E-state index is 0.0249. The Balaban J connectivity index is 1.29. The van der Waals surface area contributed by atoms with Gasteiger partial charge in [0.15, 0.2) is 5.79 Å². The molecule has 224 valence electrons. The molecule has 3 saturated carbocycles. The summed E-state index contributed by atoms with van der Waals surface area (Å²) in [5.41, 5.74) is 3.38. The van der Waals surface area contributed by atoms with Gasteiger partial charge in [0.05, 0.1) is 30.4 Å². The monoisotopic (exact) mass is 579 g/mol. The van der Waals surface area contributed by atoms with Gasteiger partial charge in [-0.15, -0.1) is 5.92 Å². The fourth-order valence-electron chi connectivity index (χ4n) is 9.57. The maximum atomic E-state index is 12.2. The second kappa shape index (κ2) is 10.3. The first kappa shape index (κ1) is 28.8. The molecule has 1 saturated heterocycles. The Bertz CT molecular complexity index is 1540. The molecule has 1 heterocycles. The molecule has 7 unspecified atom stereocenters. The van der Waals surface area contributed by atoms with Crippen LogP contribution in [0.15, 0.2) is 59.7 Å². The zero-order valence-corrected chi connectivity index (χ0v) is 25.1. The summed E-state index contributed by atoms with van der Waals surface area (Å²) in [4.78, 5) is 0. The number of benzene rings is 2. The van der Waals surface area contributed by atoms with Gasteiger partial charge in [0.1, 0.15) is 11.7 Å². The van der Waals surface area contributed by atoms with E-state index in [-0.39, 0.29) is 17.3 Å². The van der Waals surface area contributed by atoms with E-state index >= 15 is 0 Å². The van der Waals surface area contributed by atoms with Crippen molar-refractivity contribution in [1.29, 1.82) is 5.26 Å². The summed E-state index contributed by atoms with van der Waals surface area (Å²) in [6.45, 7) is 5.20. The molecule has 4 fully saturated rings. The first-order chi connectivity index (χ1) is 20.6. The third-order valence-corrected chi connectivity index (χ3v) is 11.7. The van der Waals surface area contributed by atoms with Crippen molar-refractivity contribution < 1.29 is 24.8 Å². The first-order valence-corrected chi connectivity index (χ1v) is 15.8. The van der Waals surface area contributed by atoms with E-state index in [1.165, 1.54) is 11.1 Å². The summed E-state index contributed by atoms with van der Waals surface area (Å²) in [6.07, 6.45) is 5.07. The van der Waals surface area contributed by atoms with Gasteiger partial charge in [-0.1, -0.05) is 54.8 Å². The molecule has 2 aromatic rings. The van der Waals surface area contributed by atoms with Gasteiger partial charge in [-0.2, -0.15) is 5.26 Å². The van der Waals surface area contributed by atoms with Crippen LogP contribution in [-0.4, -0.2) is 45.5 Å². The number of rotatable bonds is 3. The molecule has 3 N–H and O–H groups in total. The van der Waals surface area contributed by atoms with Gasteiger partial charge < -0.3 is 24.8 Å². The van der Waals surface area contributed by atoms with E-state index in [9.17, 15) is 15.3 Å². The van der Waals surface area contributed by atoms with Crippen LogP contribution in [0.3, 0.4) is 0 Å². The summed E-state index contributed by atoms with van der Waals surface area (Å²) in [5.74, 6) is 6.18. The van der Waals surface area contributed by atoms with E-state index < -0.39 is 23.1 Å². The lowest BCUT2D eigenvalue weighted by atomic mass is 9.49. The van der Waals surface area contributed by atoms with Gasteiger partial charge in [0.2, 0.25) is 0 Å². The molecule has 7 rings (SSSR count). The van der Waals surface area contributed by atoms with Crippen molar-refractivity contribution in [2.24, 2.45) is 17.3 Å². The highest BCUT2D eigenvalue weighted by Crippen LogP contribution is 2.67. The zero-order chi connectivity index (χ0) is 30.0. The predicted octanol–water partition coefficient (Wildman–Crippen LogP) is 5.66. The second-order valence-electron chi connectivity index (χ2n) is 13.8. The number of aliphatic hydroxyl groups is 3. The van der Waals surface area contributed by atoms with E-state index in [2.05, 4.69) is 37.0 Å². The SMILES string of the molecule is CC#CC1(O)CCC2C3CCC4(O)CC5(CCC4=C3C(c3ccc(C(O)c4ccc(C#N)cc4)cc3)CC21C)OCCO5. The van der Waals surface area contributed by atoms with Crippen LogP contribution in [0.5, 0.6) is 0 Å². The lowest BCUT2D eigenvalue weighted by Gasteiger charge is -2.57. The summed E-state index contributed by atoms with van der Waals surface area (Å²) >= 11 is 0. The normalized spacial score (nSPS) is 36.6. The molecule has 0 bridgehead atoms. The van der Waals surface area contributed by atoms with E-state index in [0.29, 0.717) is 44.0 Å². The van der Waals surface area contributed by atoms with Crippen LogP contribution in [0, 0.1) is 40.4 Å². The van der Waals surface area contributed by atoms with Gasteiger partial charge in [-0.3, -0.25) is 0 Å². The summed E-state index contributed by atoms with van der Waals surface area (Å²) in [5, 5.41) is 44.5. The second-order valence-corrected chi connectivity index (χ2v) is 13.8. The largest absolute Gasteiger partial charge is 0.385 e. The van der Waals surface area contributed by atoms with Gasteiger partial charge in [-0.05, 0) is 91.7 Å². The van der Waals surface area contributed by atoms with Crippen molar-refractivity contribution in [3.05, 3.63) is 81.9 Å². The number of nitrogens with zero attached hydrogens (tertiary/aromatic N) is 1. The highest BCUT2D eigenvalue weighted by molar-refractivity contribution is 5.46. The van der Waals surface area contributed by atoms with Crippen molar-refractivity contribution in [1.82, 2.24) is 0 Å². The van der Waals surface area contributed by atoms with Crippen LogP contribution in [0.25, 0.3) is 0 Å². The number of allylic oxidation sites excluding steroid dienone is 1. The highest BCUT2D eigenvalue weighted by atomic mass is 16.7. The maximum Gasteiger partial charge on any atom is 0.171 e. The van der Waals surface area contributed by atoms with Crippen LogP contribution in [0.2, 0.25) is 0 Å². The van der Waals surface area contributed by atoms with Crippen LogP contribution < -0.4 is 0 Å². The number of hydrogen-bond acceptors (Lipinski definition) is 6. The van der Waals surface area contributed by atoms with Gasteiger partial charge in [-0.25, -0.2) is 0 Å². The average Bonchev–Trinajstić information content (AvgIpc) is 3.57. The van der Waals surface area contributed by atoms with Crippen LogP contribution in [0.4, 0.5) is 0 Å². The lowest BCUT2D eigenvalue weighted by Crippen LogP contribution is -2.55. The van der Waals surface area contributed by atoms with Crippen molar-refractivity contribution in [2.45, 2.75) is 94.2 Å². The molecule has 5 aliphatic rings. The fourth-order valence-corrected chi connectivity index (χ4v) is 9.57. The number of ether oxygens (including phenoxy) is 2. The Morgan fingerprint density at radius 2 is 1.60 bits per heavy atom. The van der Waals surface area contributed by atoms with Gasteiger partial charge >= 0.3 is 0 Å². The van der Waals surface area contributed by atoms with Gasteiger partial charge in [0, 0.05) is 24.2 Å². The van der Waals surface area contributed by atoms with Crippen molar-refractivity contribution in [3.8, 4) is 17.9 Å². The Hall–Kier alpha value is -2.97. The Morgan fingerprint density at radius 3 is 2.26 bits per heavy atom. The molecule has 4 aliphatic carbocycles. The van der Waals surface area contributed by atoms with E-state index in [1.54, 1.807) is 24.3 Å². The van der Waals surface area contributed by atoms with Crippen molar-refractivity contribution in [3.63, 3.8) is 0 Å². The average molecular weight is 580 g/mol. The molecule has 0 aromatic heterocycles. The fraction of sp³-hybridized carbons (Fsp3) is 0.541. The minimum Gasteiger partial charge on any atom is -0.385 e. The topological polar surface area (TPSA) is 103 Å². The molecule has 0 amide bonds. The van der Waals surface area contributed by atoms with Crippen LogP contribution in [0.1, 0.15) is 99.5 Å². The van der Waals surface area contributed by atoms with E-state index in [0.717, 1.165) is 48.8 Å². The molecule has 0 radical (unpaired) electrons. The highest BCUT2D eigenvalue weighted by Gasteiger charge is 2.64. The number of fused-ring (bicyclic) bond motifs is 4. The molecule has 1 spiro atoms. The van der Waals surface area contributed by atoms with Crippen molar-refractivity contribution in [2.75, 3.05) is 13.2 Å². The third-order valence-electron chi connectivity index (χ3n) is 11.7. The van der Waals surface area contributed by atoms with Crippen LogP contribution in [-0.2, 0) is 9.47 Å². The standard InChI is InChI=1S/C37H41NO5/c1-3-15-36(41)17-13-30-28-12-16-35(40)23-37(42-19-20-43-37)18-14-31(35)32(28)29(21-34(30,36)2)25-8-10-27(11-9-25)33(39)26-6-4-24(22-38)5-7-26/h4-11,28-30,33,39-41H,12-14,16-21,23H2,1-2H3. The number of nitriles is 1. The molecule has 6 heteroatoms. The maximum absolute atomic E-state index is 12.2. The Kier molecular flexibility index (Phi) is 6.89. The Labute approximate surface area is 254 Å². The molecular weight excluding hydrogens is 538 g/mol. The first-order valence-electron chi connectivity index (χ1n) is 15.8. The molecule has 6 nitrogen and oxygen atoms in total. The molecule has 1 aliphatic heterocycles. The third kappa shape index (κ3) is 4.42. The molecule has 2 aromatic carbocycles. The number of aliphatic hydroxyl groups excluding tert-OH is 1. The summed E-state index contributed by atoms with van der Waals surface area (Å²) < 4.78 is 12.2. The number of hydrogen-bond donors (Lipinski definition) is 3. The van der Waals surface area contributed by atoms with Gasteiger partial charge in [0.25, 0.3) is 0 Å². The predicted molar refractivity (Wildman–Crippen MR) is 161 cm³/mol. The molecular formula is C37H41NO5. The lowest BCUT2D eigenvalue weighted by molar-refractivity contribution is -0.208. The Morgan fingerprint density at radius 1 is 0.930 bits per heavy atom. The zero-order valence-electron chi connectivity index (χ0n) is 25.1. The molecule has 43 heavy (non-hydrogen) atoms.